The molecule has 0 radical (unpaired) electrons. The first kappa shape index (κ1) is 17.1. The molecule has 1 saturated heterocycles. The Bertz CT molecular complexity index is 743. The van der Waals surface area contributed by atoms with E-state index in [1.165, 1.54) is 4.31 Å². The molecular formula is C18H21NO4S. The summed E-state index contributed by atoms with van der Waals surface area (Å²) in [5.41, 5.74) is 1.17. The monoisotopic (exact) mass is 347 g/mol. The van der Waals surface area contributed by atoms with Crippen LogP contribution < -0.4 is 0 Å². The molecule has 2 aromatic rings. The van der Waals surface area contributed by atoms with Gasteiger partial charge in [0, 0.05) is 13.1 Å². The second kappa shape index (κ2) is 7.44. The zero-order chi connectivity index (χ0) is 17.0. The number of aliphatic hydroxyl groups excluding tert-OH is 1. The van der Waals surface area contributed by atoms with Crippen LogP contribution in [0.5, 0.6) is 0 Å². The van der Waals surface area contributed by atoms with Gasteiger partial charge in [-0.25, -0.2) is 8.42 Å². The maximum absolute atomic E-state index is 13.2. The second-order valence-electron chi connectivity index (χ2n) is 5.74. The Morgan fingerprint density at radius 2 is 1.38 bits per heavy atom. The molecule has 1 aliphatic rings. The minimum atomic E-state index is -3.72. The Morgan fingerprint density at radius 3 is 1.92 bits per heavy atom. The van der Waals surface area contributed by atoms with E-state index in [2.05, 4.69) is 0 Å². The van der Waals surface area contributed by atoms with Crippen molar-refractivity contribution in [1.29, 1.82) is 0 Å². The third kappa shape index (κ3) is 3.52. The van der Waals surface area contributed by atoms with Crippen molar-refractivity contribution in [2.75, 3.05) is 26.3 Å². The van der Waals surface area contributed by atoms with Crippen LogP contribution in [0.25, 0.3) is 0 Å². The summed E-state index contributed by atoms with van der Waals surface area (Å²) in [4.78, 5) is 0. The minimum absolute atomic E-state index is 0.313. The maximum atomic E-state index is 13.2. The first-order valence-corrected chi connectivity index (χ1v) is 9.45. The van der Waals surface area contributed by atoms with Gasteiger partial charge in [0.25, 0.3) is 0 Å². The van der Waals surface area contributed by atoms with Gasteiger partial charge in [0.1, 0.15) is 11.4 Å². The van der Waals surface area contributed by atoms with Crippen LogP contribution in [0.15, 0.2) is 60.7 Å². The SMILES string of the molecule is O=S(=O)([C@@H](c1ccccc1)[C@H](O)c1ccccc1)N1CCOCC1. The lowest BCUT2D eigenvalue weighted by atomic mass is 10.0. The van der Waals surface area contributed by atoms with Gasteiger partial charge in [0.2, 0.25) is 10.0 Å². The fourth-order valence-electron chi connectivity index (χ4n) is 2.95. The molecule has 3 rings (SSSR count). The first-order valence-electron chi connectivity index (χ1n) is 7.95. The van der Waals surface area contributed by atoms with E-state index in [9.17, 15) is 13.5 Å². The number of benzene rings is 2. The van der Waals surface area contributed by atoms with Crippen molar-refractivity contribution in [3.05, 3.63) is 71.8 Å². The molecule has 0 bridgehead atoms. The normalized spacial score (nSPS) is 18.9. The Morgan fingerprint density at radius 1 is 0.875 bits per heavy atom. The fraction of sp³-hybridized carbons (Fsp3) is 0.333. The lowest BCUT2D eigenvalue weighted by Gasteiger charge is -2.32. The second-order valence-corrected chi connectivity index (χ2v) is 7.80. The van der Waals surface area contributed by atoms with Crippen molar-refractivity contribution in [3.8, 4) is 0 Å². The molecule has 0 amide bonds. The summed E-state index contributed by atoms with van der Waals surface area (Å²) in [7, 11) is -3.72. The lowest BCUT2D eigenvalue weighted by Crippen LogP contribution is -2.44. The predicted molar refractivity (Wildman–Crippen MR) is 91.9 cm³/mol. The molecule has 128 valence electrons. The highest BCUT2D eigenvalue weighted by Crippen LogP contribution is 2.37. The zero-order valence-corrected chi connectivity index (χ0v) is 14.1. The van der Waals surface area contributed by atoms with Crippen LogP contribution in [0, 0.1) is 0 Å². The Balaban J connectivity index is 2.02. The van der Waals surface area contributed by atoms with Crippen LogP contribution >= 0.6 is 0 Å². The highest BCUT2D eigenvalue weighted by Gasteiger charge is 2.39. The highest BCUT2D eigenvalue weighted by atomic mass is 32.2. The van der Waals surface area contributed by atoms with Crippen molar-refractivity contribution in [3.63, 3.8) is 0 Å². The van der Waals surface area contributed by atoms with Crippen LogP contribution in [0.2, 0.25) is 0 Å². The van der Waals surface area contributed by atoms with Crippen molar-refractivity contribution in [2.24, 2.45) is 0 Å². The number of sulfonamides is 1. The van der Waals surface area contributed by atoms with Crippen LogP contribution in [-0.2, 0) is 14.8 Å². The van der Waals surface area contributed by atoms with E-state index in [1.54, 1.807) is 48.5 Å². The number of rotatable bonds is 5. The lowest BCUT2D eigenvalue weighted by molar-refractivity contribution is 0.0709. The van der Waals surface area contributed by atoms with Gasteiger partial charge in [-0.15, -0.1) is 0 Å². The van der Waals surface area contributed by atoms with E-state index in [4.69, 9.17) is 4.74 Å². The molecule has 0 unspecified atom stereocenters. The summed E-state index contributed by atoms with van der Waals surface area (Å²) in [6, 6.07) is 17.8. The molecule has 1 aliphatic heterocycles. The molecule has 24 heavy (non-hydrogen) atoms. The molecular weight excluding hydrogens is 326 g/mol. The highest BCUT2D eigenvalue weighted by molar-refractivity contribution is 7.89. The van der Waals surface area contributed by atoms with E-state index >= 15 is 0 Å². The molecule has 0 aliphatic carbocycles. The quantitative estimate of drug-likeness (QED) is 0.900. The smallest absolute Gasteiger partial charge is 0.224 e. The van der Waals surface area contributed by atoms with E-state index in [1.807, 2.05) is 12.1 Å². The minimum Gasteiger partial charge on any atom is -0.387 e. The molecule has 5 nitrogen and oxygen atoms in total. The molecule has 1 N–H and O–H groups in total. The van der Waals surface area contributed by atoms with Gasteiger partial charge < -0.3 is 9.84 Å². The van der Waals surface area contributed by atoms with Crippen LogP contribution in [0.1, 0.15) is 22.5 Å². The summed E-state index contributed by atoms with van der Waals surface area (Å²) >= 11 is 0. The van der Waals surface area contributed by atoms with Gasteiger partial charge in [-0.05, 0) is 11.1 Å². The molecule has 0 spiro atoms. The largest absolute Gasteiger partial charge is 0.387 e. The van der Waals surface area contributed by atoms with Gasteiger partial charge in [-0.2, -0.15) is 4.31 Å². The van der Waals surface area contributed by atoms with Crippen molar-refractivity contribution >= 4 is 10.0 Å². The molecule has 0 saturated carbocycles. The van der Waals surface area contributed by atoms with E-state index in [0.29, 0.717) is 37.4 Å². The Labute approximate surface area is 142 Å². The fourth-order valence-corrected chi connectivity index (χ4v) is 4.91. The summed E-state index contributed by atoms with van der Waals surface area (Å²) in [6.45, 7) is 1.38. The molecule has 1 fully saturated rings. The van der Waals surface area contributed by atoms with Gasteiger partial charge >= 0.3 is 0 Å². The van der Waals surface area contributed by atoms with Crippen LogP contribution in [0.4, 0.5) is 0 Å². The first-order chi connectivity index (χ1) is 11.6. The summed E-state index contributed by atoms with van der Waals surface area (Å²) in [5, 5.41) is 9.82. The average molecular weight is 347 g/mol. The number of hydrogen-bond donors (Lipinski definition) is 1. The third-order valence-corrected chi connectivity index (χ3v) is 6.46. The van der Waals surface area contributed by atoms with Gasteiger partial charge in [-0.1, -0.05) is 60.7 Å². The van der Waals surface area contributed by atoms with Crippen molar-refractivity contribution in [2.45, 2.75) is 11.4 Å². The topological polar surface area (TPSA) is 66.8 Å². The number of hydrogen-bond acceptors (Lipinski definition) is 4. The van der Waals surface area contributed by atoms with Crippen LogP contribution in [0.3, 0.4) is 0 Å². The molecule has 0 aromatic heterocycles. The third-order valence-electron chi connectivity index (χ3n) is 4.21. The number of nitrogens with zero attached hydrogens (tertiary/aromatic N) is 1. The van der Waals surface area contributed by atoms with Crippen molar-refractivity contribution < 1.29 is 18.3 Å². The van der Waals surface area contributed by atoms with Gasteiger partial charge in [0.15, 0.2) is 0 Å². The average Bonchev–Trinajstić information content (AvgIpc) is 2.64. The number of morpholine rings is 1. The van der Waals surface area contributed by atoms with Gasteiger partial charge in [0.05, 0.1) is 13.2 Å². The van der Waals surface area contributed by atoms with E-state index in [-0.39, 0.29) is 0 Å². The van der Waals surface area contributed by atoms with Crippen LogP contribution in [-0.4, -0.2) is 44.1 Å². The Kier molecular flexibility index (Phi) is 5.30. The number of ether oxygens (including phenoxy) is 1. The predicted octanol–water partition coefficient (Wildman–Crippen LogP) is 2.12. The molecule has 1 heterocycles. The van der Waals surface area contributed by atoms with Gasteiger partial charge in [-0.3, -0.25) is 0 Å². The van der Waals surface area contributed by atoms with E-state index in [0.717, 1.165) is 0 Å². The maximum Gasteiger partial charge on any atom is 0.224 e. The molecule has 2 aromatic carbocycles. The van der Waals surface area contributed by atoms with E-state index < -0.39 is 21.4 Å². The summed E-state index contributed by atoms with van der Waals surface area (Å²) in [6.07, 6.45) is -1.14. The number of aliphatic hydroxyl groups is 1. The molecule has 6 heteroatoms. The van der Waals surface area contributed by atoms with Crippen molar-refractivity contribution in [1.82, 2.24) is 4.31 Å². The Hall–Kier alpha value is -1.73. The zero-order valence-electron chi connectivity index (χ0n) is 13.3. The molecule has 2 atom stereocenters. The standard InChI is InChI=1S/C18H21NO4S/c20-17(15-7-3-1-4-8-15)18(16-9-5-2-6-10-16)24(21,22)19-11-13-23-14-12-19/h1-10,17-18,20H,11-14H2/t17-,18+/m1/s1. The summed E-state index contributed by atoms with van der Waals surface area (Å²) < 4.78 is 33.1. The summed E-state index contributed by atoms with van der Waals surface area (Å²) in [5.74, 6) is 0.